The van der Waals surface area contributed by atoms with Crippen LogP contribution in [-0.2, 0) is 9.47 Å². The molecule has 0 aliphatic carbocycles. The van der Waals surface area contributed by atoms with Crippen molar-refractivity contribution in [2.24, 2.45) is 0 Å². The third-order valence-corrected chi connectivity index (χ3v) is 3.62. The van der Waals surface area contributed by atoms with Crippen molar-refractivity contribution in [3.8, 4) is 0 Å². The summed E-state index contributed by atoms with van der Waals surface area (Å²) in [6, 6.07) is 0.606. The van der Waals surface area contributed by atoms with Gasteiger partial charge >= 0.3 is 0 Å². The van der Waals surface area contributed by atoms with E-state index in [1.807, 2.05) is 6.92 Å². The molecule has 2 fully saturated rings. The summed E-state index contributed by atoms with van der Waals surface area (Å²) in [7, 11) is 0. The predicted molar refractivity (Wildman–Crippen MR) is 63.1 cm³/mol. The van der Waals surface area contributed by atoms with Gasteiger partial charge in [-0.25, -0.2) is 0 Å². The van der Waals surface area contributed by atoms with Gasteiger partial charge in [-0.1, -0.05) is 5.16 Å². The molecule has 3 heterocycles. The number of morpholine rings is 1. The second-order valence-corrected chi connectivity index (χ2v) is 4.88. The van der Waals surface area contributed by atoms with Gasteiger partial charge in [-0.15, -0.1) is 0 Å². The lowest BCUT2D eigenvalue weighted by atomic mass is 10.1. The van der Waals surface area contributed by atoms with Crippen molar-refractivity contribution in [2.75, 3.05) is 32.9 Å². The van der Waals surface area contributed by atoms with Crippen LogP contribution in [0, 0.1) is 6.92 Å². The molecule has 0 amide bonds. The molecule has 6 nitrogen and oxygen atoms in total. The van der Waals surface area contributed by atoms with E-state index >= 15 is 0 Å². The predicted octanol–water partition coefficient (Wildman–Crippen LogP) is 0.930. The molecule has 0 aromatic carbocycles. The van der Waals surface area contributed by atoms with Crippen LogP contribution in [0.5, 0.6) is 0 Å². The first-order valence-electron chi connectivity index (χ1n) is 6.56. The van der Waals surface area contributed by atoms with Crippen molar-refractivity contribution in [2.45, 2.75) is 31.9 Å². The maximum atomic E-state index is 5.73. The highest BCUT2D eigenvalue weighted by atomic mass is 16.5. The third-order valence-electron chi connectivity index (χ3n) is 3.62. The largest absolute Gasteiger partial charge is 0.381 e. The van der Waals surface area contributed by atoms with E-state index in [1.54, 1.807) is 0 Å². The van der Waals surface area contributed by atoms with E-state index in [9.17, 15) is 0 Å². The van der Waals surface area contributed by atoms with Crippen LogP contribution in [0.1, 0.15) is 30.7 Å². The van der Waals surface area contributed by atoms with Gasteiger partial charge in [-0.05, 0) is 19.8 Å². The van der Waals surface area contributed by atoms with Crippen molar-refractivity contribution >= 4 is 0 Å². The molecule has 1 atom stereocenters. The van der Waals surface area contributed by atoms with E-state index in [1.165, 1.54) is 0 Å². The first kappa shape index (κ1) is 12.1. The monoisotopic (exact) mass is 253 g/mol. The lowest BCUT2D eigenvalue weighted by Gasteiger charge is -2.38. The molecule has 1 aromatic heterocycles. The molecule has 100 valence electrons. The fraction of sp³-hybridized carbons (Fsp3) is 0.833. The molecule has 2 aliphatic heterocycles. The Hall–Kier alpha value is -0.980. The van der Waals surface area contributed by atoms with Gasteiger partial charge in [0.2, 0.25) is 0 Å². The average Bonchev–Trinajstić information content (AvgIpc) is 2.87. The zero-order valence-electron chi connectivity index (χ0n) is 10.7. The molecule has 3 rings (SSSR count). The summed E-state index contributed by atoms with van der Waals surface area (Å²) < 4.78 is 16.3. The summed E-state index contributed by atoms with van der Waals surface area (Å²) >= 11 is 0. The quantitative estimate of drug-likeness (QED) is 0.781. The maximum Gasteiger partial charge on any atom is 0.257 e. The average molecular weight is 253 g/mol. The van der Waals surface area contributed by atoms with Gasteiger partial charge in [0, 0.05) is 32.3 Å². The molecular weight excluding hydrogens is 234 g/mol. The van der Waals surface area contributed by atoms with Crippen molar-refractivity contribution in [1.82, 2.24) is 15.0 Å². The number of nitrogens with zero attached hydrogens (tertiary/aromatic N) is 3. The van der Waals surface area contributed by atoms with E-state index in [0.29, 0.717) is 17.8 Å². The SMILES string of the molecule is Cc1noc(C2CN(C3CCOCC3)CCO2)n1. The summed E-state index contributed by atoms with van der Waals surface area (Å²) in [6.45, 7) is 6.11. The smallest absolute Gasteiger partial charge is 0.257 e. The molecule has 6 heteroatoms. The zero-order chi connectivity index (χ0) is 12.4. The minimum Gasteiger partial charge on any atom is -0.381 e. The lowest BCUT2D eigenvalue weighted by Crippen LogP contribution is -2.46. The lowest BCUT2D eigenvalue weighted by molar-refractivity contribution is -0.0735. The highest BCUT2D eigenvalue weighted by Gasteiger charge is 2.31. The zero-order valence-corrected chi connectivity index (χ0v) is 10.7. The fourth-order valence-electron chi connectivity index (χ4n) is 2.64. The highest BCUT2D eigenvalue weighted by molar-refractivity contribution is 4.92. The second-order valence-electron chi connectivity index (χ2n) is 4.88. The number of rotatable bonds is 2. The Balaban J connectivity index is 1.64. The van der Waals surface area contributed by atoms with E-state index in [-0.39, 0.29) is 6.10 Å². The second kappa shape index (κ2) is 5.34. The summed E-state index contributed by atoms with van der Waals surface area (Å²) in [5, 5.41) is 3.82. The van der Waals surface area contributed by atoms with Gasteiger partial charge in [0.25, 0.3) is 5.89 Å². The molecule has 0 radical (unpaired) electrons. The Morgan fingerprint density at radius 2 is 2.06 bits per heavy atom. The van der Waals surface area contributed by atoms with Gasteiger partial charge in [-0.3, -0.25) is 4.90 Å². The normalized spacial score (nSPS) is 27.5. The van der Waals surface area contributed by atoms with E-state index in [4.69, 9.17) is 14.0 Å². The van der Waals surface area contributed by atoms with Gasteiger partial charge in [0.1, 0.15) is 6.10 Å². The van der Waals surface area contributed by atoms with E-state index in [2.05, 4.69) is 15.0 Å². The van der Waals surface area contributed by atoms with Gasteiger partial charge in [-0.2, -0.15) is 4.98 Å². The van der Waals surface area contributed by atoms with Crippen LogP contribution < -0.4 is 0 Å². The molecule has 0 bridgehead atoms. The Kier molecular flexibility index (Phi) is 3.58. The van der Waals surface area contributed by atoms with Crippen LogP contribution in [0.15, 0.2) is 4.52 Å². The van der Waals surface area contributed by atoms with Crippen LogP contribution in [0.25, 0.3) is 0 Å². The number of hydrogen-bond donors (Lipinski definition) is 0. The van der Waals surface area contributed by atoms with Crippen LogP contribution in [0.3, 0.4) is 0 Å². The molecule has 1 unspecified atom stereocenters. The molecule has 2 saturated heterocycles. The minimum atomic E-state index is -0.0807. The Morgan fingerprint density at radius 1 is 1.22 bits per heavy atom. The molecule has 1 aromatic rings. The fourth-order valence-corrected chi connectivity index (χ4v) is 2.64. The summed E-state index contributed by atoms with van der Waals surface area (Å²) in [4.78, 5) is 6.73. The van der Waals surface area contributed by atoms with Crippen LogP contribution >= 0.6 is 0 Å². The third kappa shape index (κ3) is 2.55. The highest BCUT2D eigenvalue weighted by Crippen LogP contribution is 2.24. The molecule has 2 aliphatic rings. The Labute approximate surface area is 106 Å². The summed E-state index contributed by atoms with van der Waals surface area (Å²) in [6.07, 6.45) is 2.13. The van der Waals surface area contributed by atoms with Crippen LogP contribution in [-0.4, -0.2) is 54.0 Å². The molecular formula is C12H19N3O3. The number of ether oxygens (including phenoxy) is 2. The van der Waals surface area contributed by atoms with E-state index < -0.39 is 0 Å². The molecule has 18 heavy (non-hydrogen) atoms. The van der Waals surface area contributed by atoms with Crippen molar-refractivity contribution in [3.63, 3.8) is 0 Å². The van der Waals surface area contributed by atoms with E-state index in [0.717, 1.165) is 45.8 Å². The summed E-state index contributed by atoms with van der Waals surface area (Å²) in [5.74, 6) is 1.26. The first-order chi connectivity index (χ1) is 8.83. The first-order valence-corrected chi connectivity index (χ1v) is 6.56. The molecule has 0 N–H and O–H groups in total. The number of aromatic nitrogens is 2. The van der Waals surface area contributed by atoms with Crippen LogP contribution in [0.2, 0.25) is 0 Å². The minimum absolute atomic E-state index is 0.0807. The van der Waals surface area contributed by atoms with Crippen molar-refractivity contribution < 1.29 is 14.0 Å². The van der Waals surface area contributed by atoms with Crippen molar-refractivity contribution in [3.05, 3.63) is 11.7 Å². The number of hydrogen-bond acceptors (Lipinski definition) is 6. The number of aryl methyl sites for hydroxylation is 1. The topological polar surface area (TPSA) is 60.6 Å². The molecule has 0 saturated carbocycles. The standard InChI is InChI=1S/C12H19N3O3/c1-9-13-12(18-14-9)11-8-15(4-7-17-11)10-2-5-16-6-3-10/h10-11H,2-8H2,1H3. The van der Waals surface area contributed by atoms with Crippen LogP contribution in [0.4, 0.5) is 0 Å². The maximum absolute atomic E-state index is 5.73. The van der Waals surface area contributed by atoms with Gasteiger partial charge in [0.15, 0.2) is 5.82 Å². The van der Waals surface area contributed by atoms with Gasteiger partial charge < -0.3 is 14.0 Å². The van der Waals surface area contributed by atoms with Crippen molar-refractivity contribution in [1.29, 1.82) is 0 Å². The van der Waals surface area contributed by atoms with Gasteiger partial charge in [0.05, 0.1) is 6.61 Å². The Morgan fingerprint density at radius 3 is 2.78 bits per heavy atom. The molecule has 0 spiro atoms. The Bertz CT molecular complexity index is 390. The summed E-state index contributed by atoms with van der Waals surface area (Å²) in [5.41, 5.74) is 0.